The third-order valence-electron chi connectivity index (χ3n) is 4.50. The molecular weight excluding hydrogens is 360 g/mol. The predicted octanol–water partition coefficient (Wildman–Crippen LogP) is 4.79. The van der Waals surface area contributed by atoms with E-state index in [2.05, 4.69) is 22.5 Å². The van der Waals surface area contributed by atoms with Crippen molar-refractivity contribution in [2.45, 2.75) is 27.3 Å². The summed E-state index contributed by atoms with van der Waals surface area (Å²) >= 11 is 0. The van der Waals surface area contributed by atoms with E-state index in [4.69, 9.17) is 0 Å². The molecule has 0 bridgehead atoms. The quantitative estimate of drug-likeness (QED) is 0.646. The molecule has 0 aliphatic carbocycles. The minimum atomic E-state index is -0.819. The molecule has 0 atom stereocenters. The number of benzene rings is 2. The summed E-state index contributed by atoms with van der Waals surface area (Å²) in [5.41, 5.74) is 4.33. The number of amides is 1. The van der Waals surface area contributed by atoms with Gasteiger partial charge in [-0.1, -0.05) is 35.9 Å². The molecule has 2 aromatic carbocycles. The molecule has 1 aromatic heterocycles. The minimum absolute atomic E-state index is 0.458. The first-order chi connectivity index (χ1) is 13.3. The molecular formula is C22H21F2N3O. The van der Waals surface area contributed by atoms with Crippen LogP contribution < -0.4 is 5.32 Å². The van der Waals surface area contributed by atoms with Gasteiger partial charge in [-0.3, -0.25) is 9.48 Å². The van der Waals surface area contributed by atoms with Gasteiger partial charge in [0.15, 0.2) is 0 Å². The number of hydrogen-bond donors (Lipinski definition) is 1. The highest BCUT2D eigenvalue weighted by Crippen LogP contribution is 2.19. The van der Waals surface area contributed by atoms with Gasteiger partial charge in [0.1, 0.15) is 17.3 Å². The van der Waals surface area contributed by atoms with E-state index in [9.17, 15) is 13.6 Å². The molecule has 0 radical (unpaired) electrons. The number of halogens is 2. The van der Waals surface area contributed by atoms with Crippen molar-refractivity contribution in [3.05, 3.63) is 88.3 Å². The van der Waals surface area contributed by atoms with E-state index in [1.165, 1.54) is 17.7 Å². The Morgan fingerprint density at radius 1 is 1.07 bits per heavy atom. The summed E-state index contributed by atoms with van der Waals surface area (Å²) in [4.78, 5) is 12.1. The average molecular weight is 381 g/mol. The van der Waals surface area contributed by atoms with Crippen molar-refractivity contribution in [3.8, 4) is 0 Å². The zero-order valence-corrected chi connectivity index (χ0v) is 16.0. The molecule has 0 aliphatic heterocycles. The van der Waals surface area contributed by atoms with Gasteiger partial charge in [-0.25, -0.2) is 8.78 Å². The maximum Gasteiger partial charge on any atom is 0.248 e. The summed E-state index contributed by atoms with van der Waals surface area (Å²) in [6.45, 7) is 6.43. The maximum absolute atomic E-state index is 13.6. The monoisotopic (exact) mass is 381 g/mol. The molecule has 1 heterocycles. The van der Waals surface area contributed by atoms with Crippen molar-refractivity contribution >= 4 is 17.7 Å². The molecule has 1 amide bonds. The highest BCUT2D eigenvalue weighted by molar-refractivity contribution is 6.02. The number of carbonyl (C=O) groups is 1. The SMILES string of the molecule is Cc1ccc(Cn2nc(C)c(/C=C/C(=O)Nc3c(F)cccc3F)c2C)cc1. The number of aryl methyl sites for hydroxylation is 2. The smallest absolute Gasteiger partial charge is 0.248 e. The molecule has 4 nitrogen and oxygen atoms in total. The lowest BCUT2D eigenvalue weighted by Gasteiger charge is -2.06. The fraction of sp³-hybridized carbons (Fsp3) is 0.182. The predicted molar refractivity (Wildman–Crippen MR) is 106 cm³/mol. The Morgan fingerprint density at radius 3 is 2.36 bits per heavy atom. The molecule has 0 saturated heterocycles. The molecule has 0 unspecified atom stereocenters. The molecule has 0 fully saturated rings. The van der Waals surface area contributed by atoms with Crippen LogP contribution in [0.4, 0.5) is 14.5 Å². The number of anilines is 1. The van der Waals surface area contributed by atoms with Crippen molar-refractivity contribution in [2.75, 3.05) is 5.32 Å². The summed E-state index contributed by atoms with van der Waals surface area (Å²) in [7, 11) is 0. The molecule has 3 rings (SSSR count). The van der Waals surface area contributed by atoms with Gasteiger partial charge in [0, 0.05) is 17.3 Å². The van der Waals surface area contributed by atoms with Crippen LogP contribution in [-0.4, -0.2) is 15.7 Å². The van der Waals surface area contributed by atoms with Crippen LogP contribution in [0.2, 0.25) is 0 Å². The third-order valence-corrected chi connectivity index (χ3v) is 4.50. The molecule has 144 valence electrons. The largest absolute Gasteiger partial charge is 0.318 e. The summed E-state index contributed by atoms with van der Waals surface area (Å²) < 4.78 is 29.2. The van der Waals surface area contributed by atoms with E-state index >= 15 is 0 Å². The Kier molecular flexibility index (Phi) is 5.68. The highest BCUT2D eigenvalue weighted by Gasteiger charge is 2.12. The first-order valence-corrected chi connectivity index (χ1v) is 8.88. The van der Waals surface area contributed by atoms with Gasteiger partial charge >= 0.3 is 0 Å². The van der Waals surface area contributed by atoms with Crippen LogP contribution in [0.15, 0.2) is 48.5 Å². The van der Waals surface area contributed by atoms with Crippen LogP contribution in [0.3, 0.4) is 0 Å². The molecule has 0 aliphatic rings. The van der Waals surface area contributed by atoms with Gasteiger partial charge in [0.2, 0.25) is 5.91 Å². The van der Waals surface area contributed by atoms with Gasteiger partial charge in [-0.2, -0.15) is 5.10 Å². The zero-order valence-electron chi connectivity index (χ0n) is 16.0. The fourth-order valence-corrected chi connectivity index (χ4v) is 2.91. The Balaban J connectivity index is 1.76. The van der Waals surface area contributed by atoms with Crippen molar-refractivity contribution in [1.82, 2.24) is 9.78 Å². The van der Waals surface area contributed by atoms with E-state index in [-0.39, 0.29) is 0 Å². The number of carbonyl (C=O) groups excluding carboxylic acids is 1. The first kappa shape index (κ1) is 19.5. The Labute approximate surface area is 162 Å². The van der Waals surface area contributed by atoms with Crippen LogP contribution in [0.25, 0.3) is 6.08 Å². The Bertz CT molecular complexity index is 1020. The molecule has 6 heteroatoms. The summed E-state index contributed by atoms with van der Waals surface area (Å²) in [5.74, 6) is -2.26. The lowest BCUT2D eigenvalue weighted by molar-refractivity contribution is -0.111. The lowest BCUT2D eigenvalue weighted by atomic mass is 10.1. The van der Waals surface area contributed by atoms with E-state index in [0.29, 0.717) is 6.54 Å². The second-order valence-corrected chi connectivity index (χ2v) is 6.65. The summed E-state index contributed by atoms with van der Waals surface area (Å²) in [6.07, 6.45) is 2.86. The number of rotatable bonds is 5. The minimum Gasteiger partial charge on any atom is -0.318 e. The van der Waals surface area contributed by atoms with Crippen LogP contribution in [0.5, 0.6) is 0 Å². The standard InChI is InChI=1S/C22H21F2N3O/c1-14-7-9-17(10-8-14)13-27-16(3)18(15(2)26-27)11-12-21(28)25-22-19(23)5-4-6-20(22)24/h4-12H,13H2,1-3H3,(H,25,28)/b12-11+. The fourth-order valence-electron chi connectivity index (χ4n) is 2.91. The first-order valence-electron chi connectivity index (χ1n) is 8.88. The lowest BCUT2D eigenvalue weighted by Crippen LogP contribution is -2.11. The number of nitrogens with one attached hydrogen (secondary N) is 1. The normalized spacial score (nSPS) is 11.2. The average Bonchev–Trinajstić information content (AvgIpc) is 2.92. The van der Waals surface area contributed by atoms with Gasteiger partial charge in [0.25, 0.3) is 0 Å². The van der Waals surface area contributed by atoms with Gasteiger partial charge in [0.05, 0.1) is 12.2 Å². The van der Waals surface area contributed by atoms with E-state index < -0.39 is 23.2 Å². The highest BCUT2D eigenvalue weighted by atomic mass is 19.1. The van der Waals surface area contributed by atoms with Crippen LogP contribution >= 0.6 is 0 Å². The van der Waals surface area contributed by atoms with Crippen molar-refractivity contribution in [2.24, 2.45) is 0 Å². The van der Waals surface area contributed by atoms with Crippen molar-refractivity contribution < 1.29 is 13.6 Å². The summed E-state index contributed by atoms with van der Waals surface area (Å²) in [5, 5.41) is 6.77. The summed E-state index contributed by atoms with van der Waals surface area (Å²) in [6, 6.07) is 11.6. The number of aromatic nitrogens is 2. The molecule has 28 heavy (non-hydrogen) atoms. The second-order valence-electron chi connectivity index (χ2n) is 6.65. The van der Waals surface area contributed by atoms with Crippen LogP contribution in [-0.2, 0) is 11.3 Å². The number of nitrogens with zero attached hydrogens (tertiary/aromatic N) is 2. The maximum atomic E-state index is 13.6. The molecule has 1 N–H and O–H groups in total. The third kappa shape index (κ3) is 4.34. The topological polar surface area (TPSA) is 46.9 Å². The Morgan fingerprint density at radius 2 is 1.71 bits per heavy atom. The zero-order chi connectivity index (χ0) is 20.3. The van der Waals surface area contributed by atoms with Gasteiger partial charge < -0.3 is 5.32 Å². The van der Waals surface area contributed by atoms with Crippen molar-refractivity contribution in [1.29, 1.82) is 0 Å². The molecule has 3 aromatic rings. The Hall–Kier alpha value is -3.28. The van der Waals surface area contributed by atoms with E-state index in [1.807, 2.05) is 37.6 Å². The number of para-hydroxylation sites is 1. The number of hydrogen-bond acceptors (Lipinski definition) is 2. The molecule has 0 spiro atoms. The van der Waals surface area contributed by atoms with Crippen LogP contribution in [0.1, 0.15) is 28.1 Å². The molecule has 0 saturated carbocycles. The van der Waals surface area contributed by atoms with Crippen LogP contribution in [0, 0.1) is 32.4 Å². The van der Waals surface area contributed by atoms with Crippen molar-refractivity contribution in [3.63, 3.8) is 0 Å². The van der Waals surface area contributed by atoms with Gasteiger partial charge in [-0.15, -0.1) is 0 Å². The van der Waals surface area contributed by atoms with Gasteiger partial charge in [-0.05, 0) is 44.5 Å². The van der Waals surface area contributed by atoms with E-state index in [1.54, 1.807) is 6.08 Å². The van der Waals surface area contributed by atoms with E-state index in [0.717, 1.165) is 34.6 Å². The second kappa shape index (κ2) is 8.17.